The van der Waals surface area contributed by atoms with Crippen LogP contribution in [0.1, 0.15) is 16.2 Å². The molecule has 0 saturated heterocycles. The normalized spacial score (nSPS) is 10.4. The number of esters is 1. The van der Waals surface area contributed by atoms with Crippen LogP contribution in [0.25, 0.3) is 5.69 Å². The highest BCUT2D eigenvalue weighted by Gasteiger charge is 2.20. The summed E-state index contributed by atoms with van der Waals surface area (Å²) in [6.45, 7) is 1.92. The summed E-state index contributed by atoms with van der Waals surface area (Å²) in [5.41, 5.74) is 2.14. The number of ether oxygens (including phenoxy) is 1. The number of para-hydroxylation sites is 1. The lowest BCUT2D eigenvalue weighted by Crippen LogP contribution is -2.05. The summed E-state index contributed by atoms with van der Waals surface area (Å²) >= 11 is 5.58. The fourth-order valence-electron chi connectivity index (χ4n) is 1.57. The van der Waals surface area contributed by atoms with Crippen LogP contribution in [0.2, 0.25) is 0 Å². The van der Waals surface area contributed by atoms with Crippen molar-refractivity contribution in [3.63, 3.8) is 0 Å². The highest BCUT2D eigenvalue weighted by molar-refractivity contribution is 14.1. The monoisotopic (exact) mass is 420 g/mol. The van der Waals surface area contributed by atoms with Gasteiger partial charge in [0.2, 0.25) is 0 Å². The maximum atomic E-state index is 11.6. The Balaban J connectivity index is 2.60. The third-order valence-corrected chi connectivity index (χ3v) is 4.46. The summed E-state index contributed by atoms with van der Waals surface area (Å²) in [5.74, 6) is -0.423. The summed E-state index contributed by atoms with van der Waals surface area (Å²) in [5, 5.41) is 4.32. The van der Waals surface area contributed by atoms with E-state index in [4.69, 9.17) is 4.74 Å². The first kappa shape index (κ1) is 13.5. The topological polar surface area (TPSA) is 44.1 Å². The van der Waals surface area contributed by atoms with Gasteiger partial charge in [0.05, 0.1) is 22.1 Å². The van der Waals surface area contributed by atoms with Gasteiger partial charge in [0.1, 0.15) is 0 Å². The average Bonchev–Trinajstić information content (AvgIpc) is 2.67. The minimum Gasteiger partial charge on any atom is -0.464 e. The van der Waals surface area contributed by atoms with E-state index in [0.717, 1.165) is 19.4 Å². The molecule has 0 amide bonds. The number of hydrogen-bond donors (Lipinski definition) is 0. The van der Waals surface area contributed by atoms with Crippen molar-refractivity contribution in [1.82, 2.24) is 9.78 Å². The lowest BCUT2D eigenvalue weighted by Gasteiger charge is -2.06. The second-order valence-corrected chi connectivity index (χ2v) is 5.54. The first-order valence-corrected chi connectivity index (χ1v) is 7.01. The fourth-order valence-corrected chi connectivity index (χ4v) is 2.58. The molecule has 6 heteroatoms. The van der Waals surface area contributed by atoms with Crippen molar-refractivity contribution in [2.45, 2.75) is 6.92 Å². The van der Waals surface area contributed by atoms with Gasteiger partial charge >= 0.3 is 5.97 Å². The zero-order valence-corrected chi connectivity index (χ0v) is 13.5. The fraction of sp³-hybridized carbons (Fsp3) is 0.167. The molecule has 1 heterocycles. The van der Waals surface area contributed by atoms with E-state index in [0.29, 0.717) is 5.69 Å². The molecule has 0 saturated carbocycles. The van der Waals surface area contributed by atoms with Crippen LogP contribution in [0.5, 0.6) is 0 Å². The molecule has 2 rings (SSSR count). The Morgan fingerprint density at radius 1 is 1.44 bits per heavy atom. The Morgan fingerprint density at radius 3 is 2.72 bits per heavy atom. The van der Waals surface area contributed by atoms with Gasteiger partial charge in [0.25, 0.3) is 0 Å². The van der Waals surface area contributed by atoms with Gasteiger partial charge in [-0.2, -0.15) is 5.10 Å². The van der Waals surface area contributed by atoms with Crippen molar-refractivity contribution in [3.8, 4) is 5.69 Å². The molecule has 0 fully saturated rings. The maximum absolute atomic E-state index is 11.6. The molecule has 0 spiro atoms. The van der Waals surface area contributed by atoms with Crippen LogP contribution in [0.15, 0.2) is 28.7 Å². The van der Waals surface area contributed by atoms with Crippen molar-refractivity contribution in [3.05, 3.63) is 43.7 Å². The predicted molar refractivity (Wildman–Crippen MR) is 80.1 cm³/mol. The molecule has 94 valence electrons. The average molecular weight is 421 g/mol. The van der Waals surface area contributed by atoms with Gasteiger partial charge < -0.3 is 4.74 Å². The van der Waals surface area contributed by atoms with E-state index >= 15 is 0 Å². The lowest BCUT2D eigenvalue weighted by molar-refractivity contribution is 0.0592. The minimum atomic E-state index is -0.423. The zero-order valence-electron chi connectivity index (χ0n) is 9.78. The molecule has 0 aliphatic rings. The van der Waals surface area contributed by atoms with E-state index in [1.54, 1.807) is 4.68 Å². The summed E-state index contributed by atoms with van der Waals surface area (Å²) in [7, 11) is 1.35. The SMILES string of the molecule is COC(=O)c1nn(-c2ccccc2Br)c(C)c1I. The molecular weight excluding hydrogens is 411 g/mol. The second kappa shape index (κ2) is 5.40. The molecule has 0 N–H and O–H groups in total. The van der Waals surface area contributed by atoms with Crippen molar-refractivity contribution in [2.75, 3.05) is 7.11 Å². The molecule has 4 nitrogen and oxygen atoms in total. The van der Waals surface area contributed by atoms with Gasteiger partial charge in [-0.25, -0.2) is 9.48 Å². The standard InChI is InChI=1S/C12H10BrIN2O2/c1-7-10(14)11(12(17)18-2)15-16(7)9-6-4-3-5-8(9)13/h3-6H,1-2H3. The van der Waals surface area contributed by atoms with Crippen molar-refractivity contribution < 1.29 is 9.53 Å². The third-order valence-electron chi connectivity index (χ3n) is 2.50. The van der Waals surface area contributed by atoms with E-state index < -0.39 is 5.97 Å². The molecule has 1 aromatic heterocycles. The highest BCUT2D eigenvalue weighted by atomic mass is 127. The van der Waals surface area contributed by atoms with Crippen LogP contribution < -0.4 is 0 Å². The van der Waals surface area contributed by atoms with Crippen LogP contribution in [0.3, 0.4) is 0 Å². The smallest absolute Gasteiger partial charge is 0.359 e. The summed E-state index contributed by atoms with van der Waals surface area (Å²) in [4.78, 5) is 11.6. The molecule has 2 aromatic rings. The number of carbonyl (C=O) groups is 1. The van der Waals surface area contributed by atoms with E-state index in [2.05, 4.69) is 43.6 Å². The van der Waals surface area contributed by atoms with Crippen LogP contribution >= 0.6 is 38.5 Å². The van der Waals surface area contributed by atoms with Crippen LogP contribution in [0, 0.1) is 10.5 Å². The lowest BCUT2D eigenvalue weighted by atomic mass is 10.3. The number of carbonyl (C=O) groups excluding carboxylic acids is 1. The van der Waals surface area contributed by atoms with Gasteiger partial charge in [0.15, 0.2) is 5.69 Å². The van der Waals surface area contributed by atoms with Gasteiger partial charge in [-0.3, -0.25) is 0 Å². The van der Waals surface area contributed by atoms with Crippen LogP contribution in [-0.2, 0) is 4.74 Å². The summed E-state index contributed by atoms with van der Waals surface area (Å²) in [6.07, 6.45) is 0. The molecule has 0 unspecified atom stereocenters. The molecule has 1 aromatic carbocycles. The van der Waals surface area contributed by atoms with Crippen LogP contribution in [0.4, 0.5) is 0 Å². The first-order chi connectivity index (χ1) is 8.56. The van der Waals surface area contributed by atoms with Gasteiger partial charge in [0, 0.05) is 4.47 Å². The van der Waals surface area contributed by atoms with E-state index in [1.807, 2.05) is 31.2 Å². The van der Waals surface area contributed by atoms with Gasteiger partial charge in [-0.05, 0) is 57.6 Å². The largest absolute Gasteiger partial charge is 0.464 e. The maximum Gasteiger partial charge on any atom is 0.359 e. The highest BCUT2D eigenvalue weighted by Crippen LogP contribution is 2.25. The Kier molecular flexibility index (Phi) is 4.06. The number of aromatic nitrogens is 2. The Hall–Kier alpha value is -0.890. The second-order valence-electron chi connectivity index (χ2n) is 3.60. The van der Waals surface area contributed by atoms with Gasteiger partial charge in [-0.1, -0.05) is 12.1 Å². The molecule has 0 aliphatic heterocycles. The predicted octanol–water partition coefficient (Wildman–Crippen LogP) is 3.33. The third kappa shape index (κ3) is 2.31. The van der Waals surface area contributed by atoms with Gasteiger partial charge in [-0.15, -0.1) is 0 Å². The van der Waals surface area contributed by atoms with Crippen molar-refractivity contribution in [1.29, 1.82) is 0 Å². The molecule has 0 bridgehead atoms. The quantitative estimate of drug-likeness (QED) is 0.552. The number of halogens is 2. The van der Waals surface area contributed by atoms with Crippen LogP contribution in [-0.4, -0.2) is 22.9 Å². The van der Waals surface area contributed by atoms with E-state index in [9.17, 15) is 4.79 Å². The summed E-state index contributed by atoms with van der Waals surface area (Å²) in [6, 6.07) is 7.72. The summed E-state index contributed by atoms with van der Waals surface area (Å²) < 4.78 is 8.18. The Bertz CT molecular complexity index is 610. The Labute approximate surface area is 127 Å². The molecule has 0 aliphatic carbocycles. The van der Waals surface area contributed by atoms with E-state index in [-0.39, 0.29) is 0 Å². The number of hydrogen-bond acceptors (Lipinski definition) is 3. The molecule has 0 atom stereocenters. The van der Waals surface area contributed by atoms with E-state index in [1.165, 1.54) is 7.11 Å². The number of methoxy groups -OCH3 is 1. The molecule has 18 heavy (non-hydrogen) atoms. The molecular formula is C12H10BrIN2O2. The first-order valence-electron chi connectivity index (χ1n) is 5.14. The Morgan fingerprint density at radius 2 is 2.11 bits per heavy atom. The zero-order chi connectivity index (χ0) is 13.3. The number of benzene rings is 1. The number of nitrogens with zero attached hydrogens (tertiary/aromatic N) is 2. The molecule has 0 radical (unpaired) electrons. The van der Waals surface area contributed by atoms with Crippen molar-refractivity contribution in [2.24, 2.45) is 0 Å². The minimum absolute atomic E-state index is 0.339. The number of rotatable bonds is 2. The van der Waals surface area contributed by atoms with Crippen molar-refractivity contribution >= 4 is 44.5 Å².